The first-order valence-electron chi connectivity index (χ1n) is 6.70. The molecule has 0 heterocycles. The Balaban J connectivity index is 1.94. The summed E-state index contributed by atoms with van der Waals surface area (Å²) in [7, 11) is 0. The van der Waals surface area contributed by atoms with Gasteiger partial charge in [0.05, 0.1) is 11.6 Å². The minimum Gasteiger partial charge on any atom is -0.309 e. The first-order valence-corrected chi connectivity index (χ1v) is 6.70. The van der Waals surface area contributed by atoms with Crippen LogP contribution >= 0.6 is 0 Å². The first kappa shape index (κ1) is 14.2. The second-order valence-electron chi connectivity index (χ2n) is 4.69. The number of nitrogens with one attached hydrogen (secondary N) is 1. The van der Waals surface area contributed by atoms with E-state index in [2.05, 4.69) is 36.5 Å². The molecule has 102 valence electrons. The fraction of sp³-hybridized carbons (Fsp3) is 0.235. The predicted molar refractivity (Wildman–Crippen MR) is 77.5 cm³/mol. The zero-order valence-corrected chi connectivity index (χ0v) is 11.5. The molecule has 0 unspecified atom stereocenters. The van der Waals surface area contributed by atoms with Crippen molar-refractivity contribution in [2.45, 2.75) is 26.4 Å². The van der Waals surface area contributed by atoms with E-state index < -0.39 is 0 Å². The molecule has 0 saturated carbocycles. The van der Waals surface area contributed by atoms with E-state index in [1.165, 1.54) is 23.3 Å². The molecule has 20 heavy (non-hydrogen) atoms. The summed E-state index contributed by atoms with van der Waals surface area (Å²) in [5, 5.41) is 12.0. The van der Waals surface area contributed by atoms with Crippen molar-refractivity contribution in [3.05, 3.63) is 70.5 Å². The van der Waals surface area contributed by atoms with Crippen LogP contribution in [0.2, 0.25) is 0 Å². The predicted octanol–water partition coefficient (Wildman–Crippen LogP) is 3.55. The molecule has 0 fully saturated rings. The Kier molecular flexibility index (Phi) is 4.86. The number of benzene rings is 2. The van der Waals surface area contributed by atoms with E-state index >= 15 is 0 Å². The lowest BCUT2D eigenvalue weighted by atomic mass is 10.1. The summed E-state index contributed by atoms with van der Waals surface area (Å²) < 4.78 is 13.6. The number of aryl methyl sites for hydroxylation is 1. The average molecular weight is 268 g/mol. The number of nitrogens with zero attached hydrogens (tertiary/aromatic N) is 1. The van der Waals surface area contributed by atoms with Crippen LogP contribution in [-0.4, -0.2) is 0 Å². The fourth-order valence-electron chi connectivity index (χ4n) is 2.01. The molecule has 2 aromatic carbocycles. The second kappa shape index (κ2) is 6.83. The summed E-state index contributed by atoms with van der Waals surface area (Å²) in [6, 6.07) is 14.8. The van der Waals surface area contributed by atoms with Gasteiger partial charge in [-0.2, -0.15) is 5.26 Å². The van der Waals surface area contributed by atoms with Gasteiger partial charge in [-0.15, -0.1) is 0 Å². The van der Waals surface area contributed by atoms with Crippen LogP contribution in [0.5, 0.6) is 0 Å². The molecule has 0 aliphatic heterocycles. The number of nitriles is 1. The Morgan fingerprint density at radius 3 is 2.40 bits per heavy atom. The van der Waals surface area contributed by atoms with Crippen molar-refractivity contribution in [2.24, 2.45) is 0 Å². The van der Waals surface area contributed by atoms with Crippen LogP contribution in [0.3, 0.4) is 0 Å². The molecular formula is C17H17FN2. The van der Waals surface area contributed by atoms with Crippen LogP contribution < -0.4 is 5.32 Å². The topological polar surface area (TPSA) is 35.8 Å². The van der Waals surface area contributed by atoms with Crippen LogP contribution in [0.4, 0.5) is 4.39 Å². The lowest BCUT2D eigenvalue weighted by Gasteiger charge is -2.07. The molecule has 1 N–H and O–H groups in total. The molecule has 0 bridgehead atoms. The van der Waals surface area contributed by atoms with Gasteiger partial charge in [0, 0.05) is 18.7 Å². The number of hydrogen-bond donors (Lipinski definition) is 1. The van der Waals surface area contributed by atoms with Gasteiger partial charge in [-0.25, -0.2) is 4.39 Å². The Labute approximate surface area is 118 Å². The molecule has 0 radical (unpaired) electrons. The van der Waals surface area contributed by atoms with Gasteiger partial charge in [-0.05, 0) is 35.7 Å². The minimum absolute atomic E-state index is 0.280. The highest BCUT2D eigenvalue weighted by molar-refractivity contribution is 5.33. The van der Waals surface area contributed by atoms with Crippen LogP contribution in [0.1, 0.15) is 29.2 Å². The molecule has 0 aromatic heterocycles. The van der Waals surface area contributed by atoms with Crippen LogP contribution in [-0.2, 0) is 19.5 Å². The minimum atomic E-state index is -0.280. The van der Waals surface area contributed by atoms with E-state index in [0.717, 1.165) is 6.42 Å². The Bertz CT molecular complexity index is 612. The molecule has 0 saturated heterocycles. The van der Waals surface area contributed by atoms with Crippen molar-refractivity contribution < 1.29 is 4.39 Å². The Morgan fingerprint density at radius 1 is 1.05 bits per heavy atom. The van der Waals surface area contributed by atoms with Crippen molar-refractivity contribution in [3.8, 4) is 6.07 Å². The van der Waals surface area contributed by atoms with E-state index in [1.54, 1.807) is 6.07 Å². The maximum atomic E-state index is 13.6. The fourth-order valence-corrected chi connectivity index (χ4v) is 2.01. The third kappa shape index (κ3) is 3.66. The van der Waals surface area contributed by atoms with Crippen LogP contribution in [0.25, 0.3) is 0 Å². The van der Waals surface area contributed by atoms with E-state index in [4.69, 9.17) is 5.26 Å². The highest BCUT2D eigenvalue weighted by Gasteiger charge is 2.03. The lowest BCUT2D eigenvalue weighted by Crippen LogP contribution is -2.13. The highest BCUT2D eigenvalue weighted by Crippen LogP contribution is 2.10. The van der Waals surface area contributed by atoms with Gasteiger partial charge in [0.25, 0.3) is 0 Å². The van der Waals surface area contributed by atoms with Gasteiger partial charge < -0.3 is 5.32 Å². The number of halogens is 1. The van der Waals surface area contributed by atoms with E-state index in [0.29, 0.717) is 24.2 Å². The van der Waals surface area contributed by atoms with Gasteiger partial charge >= 0.3 is 0 Å². The third-order valence-electron chi connectivity index (χ3n) is 3.25. The summed E-state index contributed by atoms with van der Waals surface area (Å²) in [4.78, 5) is 0. The number of rotatable bonds is 5. The zero-order chi connectivity index (χ0) is 14.4. The number of hydrogen-bond acceptors (Lipinski definition) is 2. The average Bonchev–Trinajstić information content (AvgIpc) is 2.50. The van der Waals surface area contributed by atoms with Gasteiger partial charge in [-0.1, -0.05) is 31.2 Å². The van der Waals surface area contributed by atoms with Crippen LogP contribution in [0, 0.1) is 17.1 Å². The molecular weight excluding hydrogens is 251 g/mol. The van der Waals surface area contributed by atoms with Crippen LogP contribution in [0.15, 0.2) is 42.5 Å². The summed E-state index contributed by atoms with van der Waals surface area (Å²) in [6.45, 7) is 3.22. The van der Waals surface area contributed by atoms with Crippen molar-refractivity contribution >= 4 is 0 Å². The quantitative estimate of drug-likeness (QED) is 0.900. The molecule has 0 aliphatic carbocycles. The maximum Gasteiger partial charge on any atom is 0.127 e. The molecule has 0 spiro atoms. The lowest BCUT2D eigenvalue weighted by molar-refractivity contribution is 0.587. The summed E-state index contributed by atoms with van der Waals surface area (Å²) in [6.07, 6.45) is 1.03. The molecule has 0 aliphatic rings. The highest BCUT2D eigenvalue weighted by atomic mass is 19.1. The summed E-state index contributed by atoms with van der Waals surface area (Å²) in [5.74, 6) is -0.280. The van der Waals surface area contributed by atoms with Gasteiger partial charge in [0.15, 0.2) is 0 Å². The van der Waals surface area contributed by atoms with E-state index in [9.17, 15) is 4.39 Å². The van der Waals surface area contributed by atoms with Gasteiger partial charge in [0.1, 0.15) is 5.82 Å². The van der Waals surface area contributed by atoms with Gasteiger partial charge in [0.2, 0.25) is 0 Å². The molecule has 0 atom stereocenters. The first-order chi connectivity index (χ1) is 9.72. The van der Waals surface area contributed by atoms with E-state index in [-0.39, 0.29) is 5.82 Å². The molecule has 3 heteroatoms. The van der Waals surface area contributed by atoms with Crippen molar-refractivity contribution in [1.82, 2.24) is 5.32 Å². The second-order valence-corrected chi connectivity index (χ2v) is 4.69. The smallest absolute Gasteiger partial charge is 0.127 e. The normalized spacial score (nSPS) is 10.2. The van der Waals surface area contributed by atoms with Crippen molar-refractivity contribution in [2.75, 3.05) is 0 Å². The molecule has 2 aromatic rings. The molecule has 2 rings (SSSR count). The standard InChI is InChI=1S/C17H17FN2/c1-2-13-3-5-14(6-4-13)11-20-12-16-9-15(10-19)7-8-17(16)18/h3-9,20H,2,11-12H2,1H3. The largest absolute Gasteiger partial charge is 0.309 e. The summed E-state index contributed by atoms with van der Waals surface area (Å²) in [5.41, 5.74) is 3.48. The Morgan fingerprint density at radius 2 is 1.75 bits per heavy atom. The molecule has 0 amide bonds. The Hall–Kier alpha value is -2.18. The SMILES string of the molecule is CCc1ccc(CNCc2cc(C#N)ccc2F)cc1. The van der Waals surface area contributed by atoms with Crippen molar-refractivity contribution in [3.63, 3.8) is 0 Å². The van der Waals surface area contributed by atoms with Gasteiger partial charge in [-0.3, -0.25) is 0 Å². The summed E-state index contributed by atoms with van der Waals surface area (Å²) >= 11 is 0. The van der Waals surface area contributed by atoms with Crippen molar-refractivity contribution in [1.29, 1.82) is 5.26 Å². The monoisotopic (exact) mass is 268 g/mol. The maximum absolute atomic E-state index is 13.6. The zero-order valence-electron chi connectivity index (χ0n) is 11.5. The van der Waals surface area contributed by atoms with E-state index in [1.807, 2.05) is 6.07 Å². The third-order valence-corrected chi connectivity index (χ3v) is 3.25. The molecule has 2 nitrogen and oxygen atoms in total.